The van der Waals surface area contributed by atoms with Crippen molar-refractivity contribution in [1.82, 2.24) is 9.97 Å². The van der Waals surface area contributed by atoms with Crippen LogP contribution in [0.1, 0.15) is 48.5 Å². The summed E-state index contributed by atoms with van der Waals surface area (Å²) in [5.74, 6) is -3.63. The highest BCUT2D eigenvalue weighted by Crippen LogP contribution is 2.44. The number of halogens is 3. The van der Waals surface area contributed by atoms with Crippen LogP contribution in [0.15, 0.2) is 40.1 Å². The van der Waals surface area contributed by atoms with Crippen molar-refractivity contribution in [3.63, 3.8) is 0 Å². The predicted molar refractivity (Wildman–Crippen MR) is 158 cm³/mol. The first-order chi connectivity index (χ1) is 20.8. The average molecular weight is 680 g/mol. The van der Waals surface area contributed by atoms with Crippen molar-refractivity contribution in [3.8, 4) is 0 Å². The van der Waals surface area contributed by atoms with Gasteiger partial charge in [-0.05, 0) is 43.5 Å². The SMILES string of the molecule is Cc1c(Nc2cc(S(=O)(=O)O)c(N)c3c2C(=O)c2ccccc2C3=O)c(C)c(S(=O)(=O)O)c(C)c1Nc1nc(F)nc(F)c1Cl. The van der Waals surface area contributed by atoms with E-state index in [4.69, 9.17) is 17.3 Å². The van der Waals surface area contributed by atoms with E-state index in [1.165, 1.54) is 45.0 Å². The number of rotatable bonds is 6. The maximum absolute atomic E-state index is 14.1. The molecule has 1 aromatic heterocycles. The quantitative estimate of drug-likeness (QED) is 0.0714. The third-order valence-electron chi connectivity index (χ3n) is 7.20. The van der Waals surface area contributed by atoms with Crippen LogP contribution in [-0.2, 0) is 20.2 Å². The highest BCUT2D eigenvalue weighted by molar-refractivity contribution is 7.86. The smallest absolute Gasteiger partial charge is 0.313 e. The number of fused-ring (bicyclic) bond motifs is 2. The fourth-order valence-corrected chi connectivity index (χ4v) is 7.05. The monoisotopic (exact) mass is 679 g/mol. The molecule has 13 nitrogen and oxygen atoms in total. The minimum absolute atomic E-state index is 0.0437. The largest absolute Gasteiger partial charge is 0.397 e. The van der Waals surface area contributed by atoms with E-state index in [2.05, 4.69) is 20.6 Å². The first-order valence-corrected chi connectivity index (χ1v) is 15.8. The van der Waals surface area contributed by atoms with Crippen molar-refractivity contribution in [2.45, 2.75) is 30.6 Å². The molecule has 18 heteroatoms. The van der Waals surface area contributed by atoms with Crippen LogP contribution in [0.25, 0.3) is 0 Å². The number of anilines is 5. The fraction of sp³-hybridized carbons (Fsp3) is 0.111. The third-order valence-corrected chi connectivity index (χ3v) is 9.56. The highest BCUT2D eigenvalue weighted by atomic mass is 35.5. The molecule has 5 rings (SSSR count). The van der Waals surface area contributed by atoms with Gasteiger partial charge in [-0.15, -0.1) is 0 Å². The van der Waals surface area contributed by atoms with E-state index in [0.29, 0.717) is 0 Å². The lowest BCUT2D eigenvalue weighted by molar-refractivity contribution is 0.0980. The Labute approximate surface area is 259 Å². The van der Waals surface area contributed by atoms with Gasteiger partial charge in [0.1, 0.15) is 14.8 Å². The molecule has 0 fully saturated rings. The number of nitrogens with two attached hydrogens (primary N) is 1. The van der Waals surface area contributed by atoms with Crippen LogP contribution in [-0.4, -0.2) is 47.5 Å². The van der Waals surface area contributed by atoms with Crippen LogP contribution < -0.4 is 16.4 Å². The van der Waals surface area contributed by atoms with Gasteiger partial charge in [-0.25, -0.2) is 0 Å². The van der Waals surface area contributed by atoms with Gasteiger partial charge in [0.25, 0.3) is 20.2 Å². The van der Waals surface area contributed by atoms with E-state index in [-0.39, 0.29) is 44.9 Å². The Balaban J connectivity index is 1.83. The Morgan fingerprint density at radius 2 is 1.36 bits per heavy atom. The van der Waals surface area contributed by atoms with Gasteiger partial charge in [0, 0.05) is 22.5 Å². The number of ketones is 2. The second-order valence-electron chi connectivity index (χ2n) is 9.89. The van der Waals surface area contributed by atoms with Gasteiger partial charge >= 0.3 is 6.08 Å². The number of aromatic nitrogens is 2. The molecule has 4 aromatic rings. The molecule has 6 N–H and O–H groups in total. The van der Waals surface area contributed by atoms with Crippen LogP contribution in [0.3, 0.4) is 0 Å². The zero-order valence-electron chi connectivity index (χ0n) is 23.2. The number of carbonyl (C=O) groups is 2. The summed E-state index contributed by atoms with van der Waals surface area (Å²) in [6.07, 6.45) is -1.51. The first kappa shape index (κ1) is 31.9. The minimum atomic E-state index is -5.10. The lowest BCUT2D eigenvalue weighted by atomic mass is 9.82. The maximum Gasteiger partial charge on any atom is 0.313 e. The summed E-state index contributed by atoms with van der Waals surface area (Å²) in [7, 11) is -10.1. The summed E-state index contributed by atoms with van der Waals surface area (Å²) in [5.41, 5.74) is 3.31. The second kappa shape index (κ2) is 10.8. The Morgan fingerprint density at radius 3 is 1.89 bits per heavy atom. The topological polar surface area (TPSA) is 219 Å². The van der Waals surface area contributed by atoms with Crippen molar-refractivity contribution in [2.24, 2.45) is 0 Å². The summed E-state index contributed by atoms with van der Waals surface area (Å²) in [6, 6.07) is 6.45. The molecule has 0 amide bonds. The van der Waals surface area contributed by atoms with Crippen LogP contribution in [0.5, 0.6) is 0 Å². The van der Waals surface area contributed by atoms with Crippen LogP contribution >= 0.6 is 11.6 Å². The second-order valence-corrected chi connectivity index (χ2v) is 13.0. The van der Waals surface area contributed by atoms with Gasteiger partial charge in [0.05, 0.1) is 22.5 Å². The third kappa shape index (κ3) is 5.27. The molecule has 0 saturated heterocycles. The number of nitrogens with zero attached hydrogens (tertiary/aromatic N) is 2. The predicted octanol–water partition coefficient (Wildman–Crippen LogP) is 4.67. The van der Waals surface area contributed by atoms with Gasteiger partial charge in [-0.1, -0.05) is 35.9 Å². The summed E-state index contributed by atoms with van der Waals surface area (Å²) >= 11 is 5.90. The van der Waals surface area contributed by atoms with E-state index >= 15 is 0 Å². The van der Waals surface area contributed by atoms with Gasteiger partial charge in [-0.2, -0.15) is 35.6 Å². The van der Waals surface area contributed by atoms with Crippen molar-refractivity contribution in [1.29, 1.82) is 0 Å². The molecule has 3 aromatic carbocycles. The van der Waals surface area contributed by atoms with E-state index < -0.39 is 81.3 Å². The van der Waals surface area contributed by atoms with Gasteiger partial charge in [-0.3, -0.25) is 18.7 Å². The summed E-state index contributed by atoms with van der Waals surface area (Å²) in [4.78, 5) is 31.9. The van der Waals surface area contributed by atoms with E-state index in [1.54, 1.807) is 0 Å². The average Bonchev–Trinajstić information content (AvgIpc) is 2.93. The number of hydrogen-bond donors (Lipinski definition) is 5. The number of carbonyl (C=O) groups excluding carboxylic acids is 2. The molecule has 234 valence electrons. The summed E-state index contributed by atoms with van der Waals surface area (Å²) in [6.45, 7) is 3.93. The highest BCUT2D eigenvalue weighted by Gasteiger charge is 2.37. The van der Waals surface area contributed by atoms with Crippen molar-refractivity contribution >= 4 is 72.0 Å². The van der Waals surface area contributed by atoms with E-state index in [0.717, 1.165) is 6.07 Å². The zero-order valence-corrected chi connectivity index (χ0v) is 25.5. The van der Waals surface area contributed by atoms with Crippen LogP contribution in [0.4, 0.5) is 37.3 Å². The first-order valence-electron chi connectivity index (χ1n) is 12.5. The van der Waals surface area contributed by atoms with Crippen molar-refractivity contribution in [3.05, 3.63) is 86.3 Å². The molecular weight excluding hydrogens is 660 g/mol. The van der Waals surface area contributed by atoms with E-state index in [1.807, 2.05) is 0 Å². The Hall–Kier alpha value is -4.55. The molecular formula is C27H20ClF2N5O8S2. The maximum atomic E-state index is 14.1. The Morgan fingerprint density at radius 1 is 0.822 bits per heavy atom. The molecule has 1 aliphatic carbocycles. The number of nitrogen functional groups attached to an aromatic ring is 1. The molecule has 0 atom stereocenters. The summed E-state index contributed by atoms with van der Waals surface area (Å²) in [5, 5.41) is 4.54. The Bertz CT molecular complexity index is 2250. The van der Waals surface area contributed by atoms with Gasteiger partial charge in [0.15, 0.2) is 17.4 Å². The number of hydrogen-bond acceptors (Lipinski definition) is 11. The molecule has 0 aliphatic heterocycles. The van der Waals surface area contributed by atoms with Crippen molar-refractivity contribution < 1.29 is 44.3 Å². The molecule has 45 heavy (non-hydrogen) atoms. The van der Waals surface area contributed by atoms with E-state index in [9.17, 15) is 44.3 Å². The zero-order chi connectivity index (χ0) is 33.3. The normalized spacial score (nSPS) is 13.0. The molecule has 1 aliphatic rings. The van der Waals surface area contributed by atoms with Crippen LogP contribution in [0, 0.1) is 32.8 Å². The molecule has 0 radical (unpaired) electrons. The van der Waals surface area contributed by atoms with Crippen molar-refractivity contribution in [2.75, 3.05) is 16.4 Å². The minimum Gasteiger partial charge on any atom is -0.397 e. The molecule has 1 heterocycles. The lowest BCUT2D eigenvalue weighted by Gasteiger charge is -2.26. The molecule has 0 bridgehead atoms. The van der Waals surface area contributed by atoms with Gasteiger partial charge < -0.3 is 16.4 Å². The Kier molecular flexibility index (Phi) is 7.65. The molecule has 0 unspecified atom stereocenters. The molecule has 0 spiro atoms. The lowest BCUT2D eigenvalue weighted by Crippen LogP contribution is -2.25. The molecule has 0 saturated carbocycles. The summed E-state index contributed by atoms with van der Waals surface area (Å²) < 4.78 is 97.8. The standard InChI is InChI=1S/C27H20ClF2N5O8S2/c1-9-20(10(2)24(45(41,42)43)11(3)21(9)33-26-18(28)25(29)34-27(30)35-26)32-14-8-15(44(38,39)40)19(31)17-16(14)22(36)12-6-4-5-7-13(12)23(17)37/h4-8,32H,31H2,1-3H3,(H,33,34,35)(H,38,39,40)(H,41,42,43). The number of nitrogens with one attached hydrogen (secondary N) is 2. The number of benzene rings is 3. The fourth-order valence-electron chi connectivity index (χ4n) is 5.29. The van der Waals surface area contributed by atoms with Crippen LogP contribution in [0.2, 0.25) is 5.02 Å². The van der Waals surface area contributed by atoms with Gasteiger partial charge in [0.2, 0.25) is 5.95 Å².